The van der Waals surface area contributed by atoms with Crippen molar-refractivity contribution in [2.75, 3.05) is 37.0 Å². The summed E-state index contributed by atoms with van der Waals surface area (Å²) in [5, 5.41) is 18.9. The molecule has 248 valence electrons. The predicted octanol–water partition coefficient (Wildman–Crippen LogP) is 0.625. The molecule has 14 nitrogen and oxygen atoms in total. The van der Waals surface area contributed by atoms with E-state index in [1.54, 1.807) is 12.1 Å². The number of aliphatic hydroxyl groups is 2. The van der Waals surface area contributed by atoms with E-state index in [1.807, 2.05) is 0 Å². The lowest BCUT2D eigenvalue weighted by atomic mass is 10.3. The molecule has 46 heavy (non-hydrogen) atoms. The summed E-state index contributed by atoms with van der Waals surface area (Å²) in [7, 11) is -10.1. The first-order valence-electron chi connectivity index (χ1n) is 13.6. The number of benzene rings is 3. The maximum atomic E-state index is 13.0. The molecule has 2 amide bonds. The number of nitrogens with one attached hydrogen (secondary N) is 1. The summed E-state index contributed by atoms with van der Waals surface area (Å²) >= 11 is 0. The largest absolute Gasteiger partial charge is 0.383 e. The second kappa shape index (κ2) is 13.5. The van der Waals surface area contributed by atoms with Gasteiger partial charge in [-0.15, -0.1) is 0 Å². The van der Waals surface area contributed by atoms with Gasteiger partial charge in [0.2, 0.25) is 10.0 Å². The molecule has 0 unspecified atom stereocenters. The number of nitrogens with zero attached hydrogens (tertiary/aromatic N) is 3. The Bertz CT molecular complexity index is 1920. The van der Waals surface area contributed by atoms with Gasteiger partial charge in [0, 0.05) is 44.4 Å². The molecule has 2 heterocycles. The molecule has 2 aliphatic rings. The Morgan fingerprint density at radius 3 is 1.35 bits per heavy atom. The van der Waals surface area contributed by atoms with Crippen LogP contribution in [-0.2, 0) is 39.7 Å². The van der Waals surface area contributed by atoms with Crippen molar-refractivity contribution in [2.45, 2.75) is 39.7 Å². The van der Waals surface area contributed by atoms with Crippen LogP contribution in [0.1, 0.15) is 12.8 Å². The fraction of sp³-hybridized carbons (Fsp3) is 0.286. The SMILES string of the molecule is CN(S(=O)(=O)c1ccc(F)cc1)S(=O)(=O)c1ccc(N2CC[C@@H](O)C2=O)cc1.CNS(=O)(=O)c1ccc(N2CC[C@@H](O)C2=O)cc1. The summed E-state index contributed by atoms with van der Waals surface area (Å²) in [4.78, 5) is 25.7. The Balaban J connectivity index is 0.000000230. The predicted molar refractivity (Wildman–Crippen MR) is 164 cm³/mol. The number of amides is 2. The van der Waals surface area contributed by atoms with Crippen molar-refractivity contribution >= 4 is 53.3 Å². The number of sulfonamides is 3. The quantitative estimate of drug-likeness (QED) is 0.300. The van der Waals surface area contributed by atoms with Gasteiger partial charge in [-0.1, -0.05) is 3.71 Å². The van der Waals surface area contributed by atoms with Gasteiger partial charge in [0.15, 0.2) is 0 Å². The lowest BCUT2D eigenvalue weighted by Crippen LogP contribution is -2.33. The normalized spacial score (nSPS) is 19.0. The van der Waals surface area contributed by atoms with Crippen molar-refractivity contribution < 1.29 is 49.4 Å². The molecule has 2 fully saturated rings. The van der Waals surface area contributed by atoms with Gasteiger partial charge in [-0.3, -0.25) is 9.59 Å². The van der Waals surface area contributed by atoms with Crippen molar-refractivity contribution in [1.29, 1.82) is 0 Å². The molecular weight excluding hydrogens is 668 g/mol. The summed E-state index contributed by atoms with van der Waals surface area (Å²) < 4.78 is 89.1. The zero-order valence-corrected chi connectivity index (χ0v) is 27.0. The van der Waals surface area contributed by atoms with Gasteiger partial charge < -0.3 is 20.0 Å². The molecule has 2 saturated heterocycles. The summed E-state index contributed by atoms with van der Waals surface area (Å²) in [6.07, 6.45) is -1.37. The minimum atomic E-state index is -4.42. The van der Waals surface area contributed by atoms with E-state index in [-0.39, 0.29) is 30.7 Å². The number of rotatable bonds is 8. The minimum Gasteiger partial charge on any atom is -0.383 e. The molecule has 3 aromatic carbocycles. The van der Waals surface area contributed by atoms with E-state index >= 15 is 0 Å². The van der Waals surface area contributed by atoms with Crippen molar-refractivity contribution in [1.82, 2.24) is 8.43 Å². The second-order valence-electron chi connectivity index (χ2n) is 10.1. The van der Waals surface area contributed by atoms with E-state index in [0.29, 0.717) is 30.9 Å². The van der Waals surface area contributed by atoms with E-state index in [2.05, 4.69) is 4.72 Å². The number of halogens is 1. The highest BCUT2D eigenvalue weighted by Crippen LogP contribution is 2.27. The minimum absolute atomic E-state index is 0.140. The zero-order chi connectivity index (χ0) is 34.0. The molecule has 18 heteroatoms. The molecule has 0 aromatic heterocycles. The molecule has 5 rings (SSSR count). The maximum absolute atomic E-state index is 13.0. The van der Waals surface area contributed by atoms with Crippen molar-refractivity contribution in [3.8, 4) is 0 Å². The van der Waals surface area contributed by atoms with Crippen LogP contribution in [0.5, 0.6) is 0 Å². The molecule has 0 radical (unpaired) electrons. The first kappa shape index (κ1) is 35.1. The fourth-order valence-electron chi connectivity index (χ4n) is 4.60. The van der Waals surface area contributed by atoms with Crippen molar-refractivity contribution in [3.63, 3.8) is 0 Å². The lowest BCUT2D eigenvalue weighted by Gasteiger charge is -2.19. The van der Waals surface area contributed by atoms with Crippen LogP contribution < -0.4 is 14.5 Å². The number of carbonyl (C=O) groups excluding carboxylic acids is 2. The number of anilines is 2. The van der Waals surface area contributed by atoms with E-state index in [0.717, 1.165) is 31.3 Å². The average molecular weight is 699 g/mol. The second-order valence-corrected chi connectivity index (χ2v) is 16.2. The molecule has 0 saturated carbocycles. The van der Waals surface area contributed by atoms with Gasteiger partial charge in [0.05, 0.1) is 14.7 Å². The fourth-order valence-corrected chi connectivity index (χ4v) is 8.43. The van der Waals surface area contributed by atoms with Crippen LogP contribution in [0.2, 0.25) is 0 Å². The number of carbonyl (C=O) groups is 2. The van der Waals surface area contributed by atoms with Crippen LogP contribution in [0, 0.1) is 5.82 Å². The van der Waals surface area contributed by atoms with Gasteiger partial charge in [-0.05, 0) is 79.8 Å². The zero-order valence-electron chi connectivity index (χ0n) is 24.5. The van der Waals surface area contributed by atoms with Crippen LogP contribution in [0.25, 0.3) is 0 Å². The van der Waals surface area contributed by atoms with Crippen molar-refractivity contribution in [3.05, 3.63) is 78.6 Å². The van der Waals surface area contributed by atoms with Gasteiger partial charge in [-0.2, -0.15) is 0 Å². The van der Waals surface area contributed by atoms with Gasteiger partial charge >= 0.3 is 0 Å². The molecule has 0 spiro atoms. The molecule has 3 aromatic rings. The van der Waals surface area contributed by atoms with Crippen molar-refractivity contribution in [2.24, 2.45) is 0 Å². The lowest BCUT2D eigenvalue weighted by molar-refractivity contribution is -0.124. The molecule has 0 aliphatic carbocycles. The standard InChI is InChI=1S/C17H17FN2O6S2.C11H14N2O4S/c1-19(27(23,24)14-6-2-12(18)3-7-14)28(25,26)15-8-4-13(5-9-15)20-11-10-16(21)17(20)22;1-12-18(16,17)9-4-2-8(3-5-9)13-7-6-10(14)11(13)15/h2-9,16,21H,10-11H2,1H3;2-5,10,12,14H,6-7H2,1H3/t16-;10-/m11/s1. The van der Waals surface area contributed by atoms with Gasteiger partial charge in [0.1, 0.15) is 18.0 Å². The van der Waals surface area contributed by atoms with E-state index in [1.165, 1.54) is 53.2 Å². The van der Waals surface area contributed by atoms with Crippen LogP contribution >= 0.6 is 0 Å². The van der Waals surface area contributed by atoms with Crippen LogP contribution in [-0.4, -0.2) is 90.4 Å². The monoisotopic (exact) mass is 698 g/mol. The Kier molecular flexibility index (Phi) is 10.3. The van der Waals surface area contributed by atoms with Crippen LogP contribution in [0.15, 0.2) is 87.5 Å². The van der Waals surface area contributed by atoms with Gasteiger partial charge in [0.25, 0.3) is 31.9 Å². The third-order valence-electron chi connectivity index (χ3n) is 7.32. The Morgan fingerprint density at radius 2 is 1.02 bits per heavy atom. The molecule has 2 atom stereocenters. The Hall–Kier alpha value is -3.78. The molecule has 3 N–H and O–H groups in total. The Labute approximate surface area is 265 Å². The topological polar surface area (TPSA) is 199 Å². The highest BCUT2D eigenvalue weighted by atomic mass is 32.3. The summed E-state index contributed by atoms with van der Waals surface area (Å²) in [6.45, 7) is 0.739. The van der Waals surface area contributed by atoms with E-state index in [4.69, 9.17) is 0 Å². The average Bonchev–Trinajstić information content (AvgIpc) is 3.56. The smallest absolute Gasteiger partial charge is 0.256 e. The van der Waals surface area contributed by atoms with Gasteiger partial charge in [-0.25, -0.2) is 34.4 Å². The maximum Gasteiger partial charge on any atom is 0.256 e. The number of aliphatic hydroxyl groups excluding tert-OH is 2. The third-order valence-corrected chi connectivity index (χ3v) is 13.0. The molecule has 0 bridgehead atoms. The Morgan fingerprint density at radius 1 is 0.674 bits per heavy atom. The molecule has 2 aliphatic heterocycles. The summed E-state index contributed by atoms with van der Waals surface area (Å²) in [5.74, 6) is -1.48. The highest BCUT2D eigenvalue weighted by molar-refractivity contribution is 8.04. The first-order valence-corrected chi connectivity index (χ1v) is 18.0. The highest BCUT2D eigenvalue weighted by Gasteiger charge is 2.35. The summed E-state index contributed by atoms with van der Waals surface area (Å²) in [5.41, 5.74) is 0.983. The van der Waals surface area contributed by atoms with E-state index < -0.39 is 54.0 Å². The number of hydrogen-bond donors (Lipinski definition) is 3. The van der Waals surface area contributed by atoms with Crippen LogP contribution in [0.3, 0.4) is 0 Å². The van der Waals surface area contributed by atoms with Crippen LogP contribution in [0.4, 0.5) is 15.8 Å². The van der Waals surface area contributed by atoms with E-state index in [9.17, 15) is 49.4 Å². The third kappa shape index (κ3) is 7.12. The number of hydrogen-bond acceptors (Lipinski definition) is 10. The first-order chi connectivity index (χ1) is 21.5. The summed E-state index contributed by atoms with van der Waals surface area (Å²) in [6, 6.07) is 14.8. The molecular formula is C28H31FN4O10S3.